The summed E-state index contributed by atoms with van der Waals surface area (Å²) in [4.78, 5) is 11.3. The third-order valence-corrected chi connectivity index (χ3v) is 4.08. The molecule has 4 heteroatoms. The van der Waals surface area contributed by atoms with Crippen molar-refractivity contribution in [2.24, 2.45) is 0 Å². The number of fused-ring (bicyclic) bond motifs is 3. The number of rotatable bonds is 2. The monoisotopic (exact) mass is 234 g/mol. The van der Waals surface area contributed by atoms with Crippen LogP contribution in [0.25, 0.3) is 10.2 Å². The van der Waals surface area contributed by atoms with E-state index in [1.165, 1.54) is 21.5 Å². The van der Waals surface area contributed by atoms with Gasteiger partial charge in [0.25, 0.3) is 0 Å². The molecule has 0 saturated heterocycles. The molecular formula is C12H14N2OS. The summed E-state index contributed by atoms with van der Waals surface area (Å²) in [5.74, 6) is 0. The zero-order valence-electron chi connectivity index (χ0n) is 9.32. The maximum Gasteiger partial charge on any atom is 0.127 e. The van der Waals surface area contributed by atoms with Gasteiger partial charge in [0.05, 0.1) is 18.9 Å². The maximum atomic E-state index is 5.49. The van der Waals surface area contributed by atoms with E-state index in [1.54, 1.807) is 17.7 Å². The Labute approximate surface area is 98.5 Å². The fourth-order valence-electron chi connectivity index (χ4n) is 2.25. The lowest BCUT2D eigenvalue weighted by Crippen LogP contribution is -2.07. The van der Waals surface area contributed by atoms with Crippen LogP contribution in [0.15, 0.2) is 6.33 Å². The second-order valence-corrected chi connectivity index (χ2v) is 5.14. The topological polar surface area (TPSA) is 35.0 Å². The highest BCUT2D eigenvalue weighted by atomic mass is 32.1. The number of aromatic nitrogens is 2. The molecule has 0 bridgehead atoms. The van der Waals surface area contributed by atoms with Crippen molar-refractivity contribution in [3.63, 3.8) is 0 Å². The van der Waals surface area contributed by atoms with Crippen molar-refractivity contribution < 1.29 is 4.74 Å². The molecule has 0 saturated carbocycles. The predicted molar refractivity (Wildman–Crippen MR) is 64.8 cm³/mol. The first-order valence-electron chi connectivity index (χ1n) is 5.72. The molecule has 0 spiro atoms. The van der Waals surface area contributed by atoms with Gasteiger partial charge >= 0.3 is 0 Å². The number of nitrogens with zero attached hydrogens (tertiary/aromatic N) is 2. The van der Waals surface area contributed by atoms with Crippen molar-refractivity contribution in [1.29, 1.82) is 0 Å². The molecule has 3 nitrogen and oxygen atoms in total. The van der Waals surface area contributed by atoms with E-state index in [0.29, 0.717) is 0 Å². The molecule has 0 amide bonds. The molecule has 1 aliphatic rings. The summed E-state index contributed by atoms with van der Waals surface area (Å²) in [7, 11) is 0. The molecule has 0 N–H and O–H groups in total. The van der Waals surface area contributed by atoms with Crippen LogP contribution in [0.1, 0.15) is 29.5 Å². The van der Waals surface area contributed by atoms with E-state index in [4.69, 9.17) is 4.74 Å². The quantitative estimate of drug-likeness (QED) is 0.801. The van der Waals surface area contributed by atoms with Crippen LogP contribution in [0, 0.1) is 0 Å². The van der Waals surface area contributed by atoms with Gasteiger partial charge in [0, 0.05) is 10.3 Å². The predicted octanol–water partition coefficient (Wildman–Crippen LogP) is 2.72. The van der Waals surface area contributed by atoms with Crippen molar-refractivity contribution in [1.82, 2.24) is 9.97 Å². The molecule has 0 unspecified atom stereocenters. The Balaban J connectivity index is 2.23. The molecule has 0 aliphatic carbocycles. The van der Waals surface area contributed by atoms with E-state index in [1.807, 2.05) is 0 Å². The summed E-state index contributed by atoms with van der Waals surface area (Å²) in [5.41, 5.74) is 2.65. The lowest BCUT2D eigenvalue weighted by molar-refractivity contribution is 0.114. The van der Waals surface area contributed by atoms with Crippen LogP contribution in [0.5, 0.6) is 0 Å². The molecule has 3 rings (SSSR count). The minimum absolute atomic E-state index is 0.752. The van der Waals surface area contributed by atoms with E-state index in [2.05, 4.69) is 16.9 Å². The standard InChI is InChI=1S/C12H14N2OS/c1-2-3-9-11-8-4-5-15-6-10(8)16-12(11)14-7-13-9/h7H,2-6H2,1H3. The molecule has 0 radical (unpaired) electrons. The lowest BCUT2D eigenvalue weighted by atomic mass is 10.0. The van der Waals surface area contributed by atoms with Gasteiger partial charge in [-0.1, -0.05) is 13.3 Å². The first-order valence-corrected chi connectivity index (χ1v) is 6.53. The highest BCUT2D eigenvalue weighted by Gasteiger charge is 2.19. The van der Waals surface area contributed by atoms with Crippen molar-refractivity contribution in [2.45, 2.75) is 32.8 Å². The molecule has 0 atom stereocenters. The molecule has 3 heterocycles. The van der Waals surface area contributed by atoms with Crippen LogP contribution >= 0.6 is 11.3 Å². The number of hydrogen-bond donors (Lipinski definition) is 0. The summed E-state index contributed by atoms with van der Waals surface area (Å²) in [6, 6.07) is 0. The molecule has 84 valence electrons. The van der Waals surface area contributed by atoms with Gasteiger partial charge in [0.1, 0.15) is 11.2 Å². The van der Waals surface area contributed by atoms with Gasteiger partial charge in [-0.05, 0) is 18.4 Å². The second kappa shape index (κ2) is 4.11. The van der Waals surface area contributed by atoms with E-state index >= 15 is 0 Å². The van der Waals surface area contributed by atoms with Gasteiger partial charge < -0.3 is 4.74 Å². The van der Waals surface area contributed by atoms with Crippen LogP contribution in [0.4, 0.5) is 0 Å². The molecule has 1 aliphatic heterocycles. The Morgan fingerprint density at radius 3 is 3.25 bits per heavy atom. The highest BCUT2D eigenvalue weighted by molar-refractivity contribution is 7.18. The van der Waals surface area contributed by atoms with Crippen molar-refractivity contribution in [3.8, 4) is 0 Å². The summed E-state index contributed by atoms with van der Waals surface area (Å²) in [6.07, 6.45) is 4.88. The summed E-state index contributed by atoms with van der Waals surface area (Å²) >= 11 is 1.76. The van der Waals surface area contributed by atoms with E-state index < -0.39 is 0 Å². The van der Waals surface area contributed by atoms with Crippen LogP contribution in [-0.2, 0) is 24.2 Å². The van der Waals surface area contributed by atoms with Crippen molar-refractivity contribution in [2.75, 3.05) is 6.61 Å². The Morgan fingerprint density at radius 1 is 1.44 bits per heavy atom. The zero-order valence-corrected chi connectivity index (χ0v) is 10.1. The summed E-state index contributed by atoms with van der Waals surface area (Å²) in [5, 5.41) is 1.31. The highest BCUT2D eigenvalue weighted by Crippen LogP contribution is 2.34. The van der Waals surface area contributed by atoms with Crippen LogP contribution in [-0.4, -0.2) is 16.6 Å². The van der Waals surface area contributed by atoms with Crippen molar-refractivity contribution in [3.05, 3.63) is 22.5 Å². The first kappa shape index (κ1) is 10.2. The fourth-order valence-corrected chi connectivity index (χ4v) is 3.39. The fraction of sp³-hybridized carbons (Fsp3) is 0.500. The third kappa shape index (κ3) is 1.53. The molecule has 0 aromatic carbocycles. The van der Waals surface area contributed by atoms with Gasteiger partial charge in [0.15, 0.2) is 0 Å². The maximum absolute atomic E-state index is 5.49. The van der Waals surface area contributed by atoms with E-state index in [-0.39, 0.29) is 0 Å². The zero-order chi connectivity index (χ0) is 11.0. The molecular weight excluding hydrogens is 220 g/mol. The molecule has 2 aromatic rings. The molecule has 16 heavy (non-hydrogen) atoms. The van der Waals surface area contributed by atoms with Gasteiger partial charge in [-0.15, -0.1) is 11.3 Å². The van der Waals surface area contributed by atoms with Gasteiger partial charge in [-0.25, -0.2) is 9.97 Å². The first-order chi connectivity index (χ1) is 7.90. The molecule has 0 fully saturated rings. The summed E-state index contributed by atoms with van der Waals surface area (Å²) in [6.45, 7) is 3.77. The average Bonchev–Trinajstić information content (AvgIpc) is 2.68. The van der Waals surface area contributed by atoms with Crippen molar-refractivity contribution >= 4 is 21.6 Å². The van der Waals surface area contributed by atoms with E-state index in [0.717, 1.165) is 37.3 Å². The number of ether oxygens (including phenoxy) is 1. The Morgan fingerprint density at radius 2 is 2.38 bits per heavy atom. The number of hydrogen-bond acceptors (Lipinski definition) is 4. The minimum Gasteiger partial charge on any atom is -0.376 e. The van der Waals surface area contributed by atoms with Gasteiger partial charge in [-0.3, -0.25) is 0 Å². The van der Waals surface area contributed by atoms with Crippen LogP contribution < -0.4 is 0 Å². The Kier molecular flexibility index (Phi) is 2.61. The Hall–Kier alpha value is -1.00. The minimum atomic E-state index is 0.752. The largest absolute Gasteiger partial charge is 0.376 e. The number of thiophene rings is 1. The summed E-state index contributed by atoms with van der Waals surface area (Å²) < 4.78 is 5.49. The average molecular weight is 234 g/mol. The van der Waals surface area contributed by atoms with E-state index in [9.17, 15) is 0 Å². The van der Waals surface area contributed by atoms with Crippen LogP contribution in [0.2, 0.25) is 0 Å². The SMILES string of the molecule is CCCc1ncnc2sc3c(c12)CCOC3. The van der Waals surface area contributed by atoms with Gasteiger partial charge in [0.2, 0.25) is 0 Å². The van der Waals surface area contributed by atoms with Crippen LogP contribution in [0.3, 0.4) is 0 Å². The normalized spacial score (nSPS) is 15.3. The smallest absolute Gasteiger partial charge is 0.127 e. The number of aryl methyl sites for hydroxylation is 1. The molecule has 2 aromatic heterocycles. The van der Waals surface area contributed by atoms with Gasteiger partial charge in [-0.2, -0.15) is 0 Å². The second-order valence-electron chi connectivity index (χ2n) is 4.06. The third-order valence-electron chi connectivity index (χ3n) is 2.97. The Bertz CT molecular complexity index is 521. The lowest BCUT2D eigenvalue weighted by Gasteiger charge is -2.12.